The van der Waals surface area contributed by atoms with Crippen LogP contribution in [0.5, 0.6) is 5.75 Å². The molecule has 242 valence electrons. The van der Waals surface area contributed by atoms with Crippen LogP contribution in [-0.2, 0) is 16.1 Å². The third kappa shape index (κ3) is 6.12. The maximum absolute atomic E-state index is 15.0. The third-order valence-electron chi connectivity index (χ3n) is 8.61. The Bertz CT molecular complexity index is 1790. The van der Waals surface area contributed by atoms with Crippen LogP contribution in [0.3, 0.4) is 0 Å². The van der Waals surface area contributed by atoms with Crippen LogP contribution in [0.25, 0.3) is 21.5 Å². The summed E-state index contributed by atoms with van der Waals surface area (Å²) in [5.74, 6) is -2.14. The molecule has 1 saturated carbocycles. The van der Waals surface area contributed by atoms with Crippen molar-refractivity contribution in [3.05, 3.63) is 59.1 Å². The quantitative estimate of drug-likeness (QED) is 0.186. The number of hydrogen-bond donors (Lipinski definition) is 2. The fraction of sp³-hybridized carbons (Fsp3) is 0.419. The Morgan fingerprint density at radius 3 is 2.54 bits per heavy atom. The van der Waals surface area contributed by atoms with Gasteiger partial charge in [-0.2, -0.15) is 0 Å². The SMILES string of the molecule is O=C(O)CNC(=O)c1cc(F)c2nc(N3C4CC[C@H]3CC(OCc3c(-c5ccccc5OC(F)(F)F)noc3C3CC3)C4)sc2c1. The summed E-state index contributed by atoms with van der Waals surface area (Å²) in [7, 11) is 0. The van der Waals surface area contributed by atoms with Crippen molar-refractivity contribution in [1.29, 1.82) is 0 Å². The summed E-state index contributed by atoms with van der Waals surface area (Å²) in [4.78, 5) is 29.9. The fourth-order valence-corrected chi connectivity index (χ4v) is 7.63. The number of thiazole rings is 1. The number of anilines is 1. The number of carbonyl (C=O) groups excluding carboxylic acids is 1. The number of carboxylic acid groups (broad SMARTS) is 1. The summed E-state index contributed by atoms with van der Waals surface area (Å²) in [5.41, 5.74) is 1.24. The number of alkyl halides is 3. The van der Waals surface area contributed by atoms with Crippen molar-refractivity contribution in [2.45, 2.75) is 75.6 Å². The van der Waals surface area contributed by atoms with E-state index in [0.29, 0.717) is 34.0 Å². The Hall–Kier alpha value is -4.24. The molecule has 1 aliphatic carbocycles. The predicted molar refractivity (Wildman–Crippen MR) is 157 cm³/mol. The van der Waals surface area contributed by atoms with Crippen LogP contribution in [0.1, 0.15) is 66.1 Å². The van der Waals surface area contributed by atoms with E-state index in [4.69, 9.17) is 14.4 Å². The second kappa shape index (κ2) is 11.8. The molecule has 3 fully saturated rings. The number of benzene rings is 2. The molecular weight excluding hydrogens is 632 g/mol. The van der Waals surface area contributed by atoms with Gasteiger partial charge in [0.1, 0.15) is 29.3 Å². The summed E-state index contributed by atoms with van der Waals surface area (Å²) in [6.45, 7) is -0.457. The van der Waals surface area contributed by atoms with Crippen molar-refractivity contribution >= 4 is 38.6 Å². The first kappa shape index (κ1) is 30.4. The lowest BCUT2D eigenvalue weighted by Gasteiger charge is -2.38. The third-order valence-corrected chi connectivity index (χ3v) is 9.62. The summed E-state index contributed by atoms with van der Waals surface area (Å²) in [6, 6.07) is 8.57. The van der Waals surface area contributed by atoms with E-state index in [-0.39, 0.29) is 58.8 Å². The van der Waals surface area contributed by atoms with Crippen molar-refractivity contribution in [3.8, 4) is 17.0 Å². The smallest absolute Gasteiger partial charge is 0.480 e. The largest absolute Gasteiger partial charge is 0.573 e. The molecule has 0 radical (unpaired) electrons. The van der Waals surface area contributed by atoms with Crippen molar-refractivity contribution in [2.24, 2.45) is 0 Å². The number of amides is 1. The highest BCUT2D eigenvalue weighted by molar-refractivity contribution is 7.22. The number of carboxylic acids is 1. The number of aromatic nitrogens is 2. The molecule has 2 aromatic carbocycles. The highest BCUT2D eigenvalue weighted by Gasteiger charge is 2.43. The summed E-state index contributed by atoms with van der Waals surface area (Å²) >= 11 is 1.28. The molecule has 4 heterocycles. The van der Waals surface area contributed by atoms with E-state index in [1.54, 1.807) is 6.07 Å². The van der Waals surface area contributed by atoms with Gasteiger partial charge in [0, 0.05) is 34.7 Å². The van der Waals surface area contributed by atoms with Gasteiger partial charge in [-0.25, -0.2) is 9.37 Å². The van der Waals surface area contributed by atoms with Gasteiger partial charge in [-0.3, -0.25) is 9.59 Å². The van der Waals surface area contributed by atoms with Crippen LogP contribution in [0, 0.1) is 5.82 Å². The number of para-hydroxylation sites is 1. The van der Waals surface area contributed by atoms with Crippen LogP contribution in [-0.4, -0.2) is 58.2 Å². The maximum atomic E-state index is 15.0. The fourth-order valence-electron chi connectivity index (χ4n) is 6.47. The molecule has 2 aromatic heterocycles. The zero-order valence-corrected chi connectivity index (χ0v) is 25.0. The molecule has 2 unspecified atom stereocenters. The number of halogens is 4. The number of hydrogen-bond acceptors (Lipinski definition) is 9. The van der Waals surface area contributed by atoms with E-state index in [1.807, 2.05) is 0 Å². The normalized spacial score (nSPS) is 21.1. The van der Waals surface area contributed by atoms with E-state index in [9.17, 15) is 27.2 Å². The molecule has 15 heteroatoms. The lowest BCUT2D eigenvalue weighted by molar-refractivity contribution is -0.274. The summed E-state index contributed by atoms with van der Waals surface area (Å²) < 4.78 is 71.2. The first-order valence-electron chi connectivity index (χ1n) is 14.9. The standard InChI is InChI=1S/C31H28F4N4O6S/c32-22-9-16(29(42)36-13-25(40)41)10-24-27(22)37-30(46-24)39-17-7-8-18(39)12-19(11-17)43-14-21-26(38-45-28(21)15-5-6-15)20-3-1-2-4-23(20)44-31(33,34)35/h1-4,9-10,15,17-19H,5-8,11-14H2,(H,36,42)(H,40,41)/t17-,18?,19?/m0/s1. The molecule has 2 bridgehead atoms. The van der Waals surface area contributed by atoms with Gasteiger partial charge >= 0.3 is 12.3 Å². The molecule has 3 atom stereocenters. The predicted octanol–water partition coefficient (Wildman–Crippen LogP) is 6.40. The first-order chi connectivity index (χ1) is 22.0. The van der Waals surface area contributed by atoms with Crippen molar-refractivity contribution in [1.82, 2.24) is 15.5 Å². The second-order valence-electron chi connectivity index (χ2n) is 11.8. The topological polar surface area (TPSA) is 127 Å². The average molecular weight is 661 g/mol. The number of fused-ring (bicyclic) bond motifs is 3. The molecule has 2 aliphatic heterocycles. The summed E-state index contributed by atoms with van der Waals surface area (Å²) in [5, 5.41) is 15.9. The summed E-state index contributed by atoms with van der Waals surface area (Å²) in [6.07, 6.45) is -0.0720. The van der Waals surface area contributed by atoms with Crippen LogP contribution in [0.15, 0.2) is 40.9 Å². The number of nitrogens with one attached hydrogen (secondary N) is 1. The Kier molecular flexibility index (Phi) is 7.83. The lowest BCUT2D eigenvalue weighted by atomic mass is 10.00. The molecule has 2 saturated heterocycles. The minimum atomic E-state index is -4.86. The van der Waals surface area contributed by atoms with Crippen LogP contribution in [0.4, 0.5) is 22.7 Å². The monoisotopic (exact) mass is 660 g/mol. The number of carbonyl (C=O) groups is 2. The van der Waals surface area contributed by atoms with E-state index < -0.39 is 30.6 Å². The van der Waals surface area contributed by atoms with Gasteiger partial charge < -0.3 is 29.3 Å². The zero-order chi connectivity index (χ0) is 32.2. The molecule has 7 rings (SSSR count). The van der Waals surface area contributed by atoms with Gasteiger partial charge in [0.15, 0.2) is 10.9 Å². The Balaban J connectivity index is 1.07. The van der Waals surface area contributed by atoms with Gasteiger partial charge in [-0.1, -0.05) is 28.6 Å². The lowest BCUT2D eigenvalue weighted by Crippen LogP contribution is -2.45. The van der Waals surface area contributed by atoms with Crippen molar-refractivity contribution in [2.75, 3.05) is 11.4 Å². The number of ether oxygens (including phenoxy) is 2. The molecule has 10 nitrogen and oxygen atoms in total. The first-order valence-corrected chi connectivity index (χ1v) is 15.7. The average Bonchev–Trinajstić information content (AvgIpc) is 3.51. The van der Waals surface area contributed by atoms with Gasteiger partial charge in [-0.05, 0) is 62.8 Å². The molecular formula is C31H28F4N4O6S. The van der Waals surface area contributed by atoms with Gasteiger partial charge in [-0.15, -0.1) is 13.2 Å². The molecule has 0 spiro atoms. The van der Waals surface area contributed by atoms with Crippen LogP contribution < -0.4 is 15.0 Å². The highest BCUT2D eigenvalue weighted by atomic mass is 32.1. The minimum Gasteiger partial charge on any atom is -0.480 e. The van der Waals surface area contributed by atoms with E-state index in [2.05, 4.69) is 25.1 Å². The Morgan fingerprint density at radius 2 is 1.85 bits per heavy atom. The second-order valence-corrected chi connectivity index (χ2v) is 12.8. The van der Waals surface area contributed by atoms with Gasteiger partial charge in [0.2, 0.25) is 0 Å². The van der Waals surface area contributed by atoms with Crippen molar-refractivity contribution in [3.63, 3.8) is 0 Å². The number of aliphatic carboxylic acids is 1. The van der Waals surface area contributed by atoms with Crippen molar-refractivity contribution < 1.29 is 46.3 Å². The zero-order valence-electron chi connectivity index (χ0n) is 24.2. The number of rotatable bonds is 10. The van der Waals surface area contributed by atoms with Crippen LogP contribution >= 0.6 is 11.3 Å². The minimum absolute atomic E-state index is 0.0165. The molecule has 2 N–H and O–H groups in total. The van der Waals surface area contributed by atoms with E-state index in [1.165, 1.54) is 35.6 Å². The number of piperidine rings is 1. The molecule has 3 aliphatic rings. The van der Waals surface area contributed by atoms with Gasteiger partial charge in [0.25, 0.3) is 5.91 Å². The Labute approximate surface area is 263 Å². The molecule has 4 aromatic rings. The van der Waals surface area contributed by atoms with Crippen LogP contribution in [0.2, 0.25) is 0 Å². The van der Waals surface area contributed by atoms with E-state index >= 15 is 0 Å². The maximum Gasteiger partial charge on any atom is 0.573 e. The van der Waals surface area contributed by atoms with Gasteiger partial charge in [0.05, 0.1) is 17.4 Å². The van der Waals surface area contributed by atoms with E-state index in [0.717, 1.165) is 31.7 Å². The molecule has 1 amide bonds. The Morgan fingerprint density at radius 1 is 1.11 bits per heavy atom. The highest BCUT2D eigenvalue weighted by Crippen LogP contribution is 2.47. The number of nitrogens with zero attached hydrogens (tertiary/aromatic N) is 3. The molecule has 46 heavy (non-hydrogen) atoms.